The minimum Gasteiger partial charge on any atom is -0.457 e. The molecule has 0 aliphatic carbocycles. The van der Waals surface area contributed by atoms with Gasteiger partial charge in [-0.3, -0.25) is 9.69 Å². The van der Waals surface area contributed by atoms with Gasteiger partial charge in [0.25, 0.3) is 0 Å². The molecular weight excluding hydrogens is 379 g/mol. The molecule has 4 rings (SSSR count). The molecule has 1 amide bonds. The number of hydrogen-bond acceptors (Lipinski definition) is 3. The first-order valence-electron chi connectivity index (χ1n) is 10.2. The minimum atomic E-state index is -0.288. The summed E-state index contributed by atoms with van der Waals surface area (Å²) in [5.41, 5.74) is 1.66. The minimum absolute atomic E-state index is 0.0121. The van der Waals surface area contributed by atoms with Crippen molar-refractivity contribution in [3.63, 3.8) is 0 Å². The van der Waals surface area contributed by atoms with Gasteiger partial charge in [-0.05, 0) is 48.9 Å². The maximum absolute atomic E-state index is 13.7. The van der Waals surface area contributed by atoms with Crippen LogP contribution in [0, 0.1) is 11.7 Å². The number of para-hydroxylation sites is 1. The van der Waals surface area contributed by atoms with Gasteiger partial charge in [0, 0.05) is 25.2 Å². The van der Waals surface area contributed by atoms with Crippen LogP contribution >= 0.6 is 0 Å². The number of likely N-dealkylation sites (tertiary alicyclic amines) is 1. The van der Waals surface area contributed by atoms with Crippen molar-refractivity contribution in [2.45, 2.75) is 19.5 Å². The molecule has 1 N–H and O–H groups in total. The van der Waals surface area contributed by atoms with Crippen molar-refractivity contribution < 1.29 is 13.9 Å². The monoisotopic (exact) mass is 404 g/mol. The summed E-state index contributed by atoms with van der Waals surface area (Å²) in [4.78, 5) is 14.8. The van der Waals surface area contributed by atoms with Crippen LogP contribution in [0.2, 0.25) is 0 Å². The molecule has 30 heavy (non-hydrogen) atoms. The fraction of sp³-hybridized carbons (Fsp3) is 0.240. The normalized spacial score (nSPS) is 16.4. The van der Waals surface area contributed by atoms with Gasteiger partial charge in [0.1, 0.15) is 17.3 Å². The van der Waals surface area contributed by atoms with Gasteiger partial charge in [0.15, 0.2) is 0 Å². The van der Waals surface area contributed by atoms with E-state index in [-0.39, 0.29) is 24.2 Å². The number of nitrogens with one attached hydrogen (secondary N) is 1. The van der Waals surface area contributed by atoms with E-state index < -0.39 is 0 Å². The van der Waals surface area contributed by atoms with Crippen molar-refractivity contribution in [3.8, 4) is 11.5 Å². The molecule has 1 heterocycles. The lowest BCUT2D eigenvalue weighted by Gasteiger charge is -2.17. The van der Waals surface area contributed by atoms with Crippen molar-refractivity contribution in [3.05, 3.63) is 95.8 Å². The lowest BCUT2D eigenvalue weighted by molar-refractivity contribution is -0.124. The maximum atomic E-state index is 13.7. The molecule has 154 valence electrons. The van der Waals surface area contributed by atoms with Gasteiger partial charge >= 0.3 is 0 Å². The average molecular weight is 404 g/mol. The molecule has 1 aliphatic heterocycles. The summed E-state index contributed by atoms with van der Waals surface area (Å²) in [5, 5.41) is 2.88. The van der Waals surface area contributed by atoms with Crippen LogP contribution < -0.4 is 10.1 Å². The summed E-state index contributed by atoms with van der Waals surface area (Å²) in [6.07, 6.45) is 0.809. The van der Waals surface area contributed by atoms with Crippen LogP contribution in [0.5, 0.6) is 11.5 Å². The summed E-state index contributed by atoms with van der Waals surface area (Å²) in [6.45, 7) is 2.55. The van der Waals surface area contributed by atoms with E-state index in [0.29, 0.717) is 12.1 Å². The maximum Gasteiger partial charge on any atom is 0.224 e. The molecular formula is C25H25FN2O2. The van der Waals surface area contributed by atoms with Crippen LogP contribution in [-0.2, 0) is 17.9 Å². The Morgan fingerprint density at radius 3 is 2.60 bits per heavy atom. The second-order valence-corrected chi connectivity index (χ2v) is 7.59. The zero-order valence-corrected chi connectivity index (χ0v) is 16.8. The first-order valence-corrected chi connectivity index (χ1v) is 10.2. The van der Waals surface area contributed by atoms with Crippen LogP contribution in [0.4, 0.5) is 4.39 Å². The third-order valence-corrected chi connectivity index (χ3v) is 5.34. The Labute approximate surface area is 176 Å². The van der Waals surface area contributed by atoms with E-state index in [2.05, 4.69) is 16.3 Å². The number of nitrogens with zero attached hydrogens (tertiary/aromatic N) is 1. The molecule has 0 aromatic heterocycles. The Balaban J connectivity index is 1.29. The van der Waals surface area contributed by atoms with Gasteiger partial charge in [0.05, 0.1) is 5.92 Å². The number of carbonyl (C=O) groups is 1. The van der Waals surface area contributed by atoms with Crippen molar-refractivity contribution in [1.29, 1.82) is 0 Å². The number of hydrogen-bond donors (Lipinski definition) is 1. The third-order valence-electron chi connectivity index (χ3n) is 5.34. The Kier molecular flexibility index (Phi) is 6.40. The highest BCUT2D eigenvalue weighted by molar-refractivity contribution is 5.79. The lowest BCUT2D eigenvalue weighted by Crippen LogP contribution is -2.32. The molecule has 5 heteroatoms. The molecule has 1 unspecified atom stereocenters. The predicted octanol–water partition coefficient (Wildman–Crippen LogP) is 4.76. The summed E-state index contributed by atoms with van der Waals surface area (Å²) in [7, 11) is 0. The molecule has 3 aromatic rings. The molecule has 3 aromatic carbocycles. The number of rotatable bonds is 7. The summed E-state index contributed by atoms with van der Waals surface area (Å²) >= 11 is 0. The summed E-state index contributed by atoms with van der Waals surface area (Å²) in [5.74, 6) is 1.24. The smallest absolute Gasteiger partial charge is 0.224 e. The Bertz CT molecular complexity index is 993. The molecule has 0 radical (unpaired) electrons. The average Bonchev–Trinajstić information content (AvgIpc) is 3.22. The van der Waals surface area contributed by atoms with E-state index in [9.17, 15) is 9.18 Å². The van der Waals surface area contributed by atoms with Gasteiger partial charge in [0.2, 0.25) is 5.91 Å². The van der Waals surface area contributed by atoms with E-state index in [0.717, 1.165) is 36.6 Å². The van der Waals surface area contributed by atoms with E-state index in [1.165, 1.54) is 6.07 Å². The van der Waals surface area contributed by atoms with Gasteiger partial charge < -0.3 is 10.1 Å². The van der Waals surface area contributed by atoms with E-state index in [1.54, 1.807) is 18.2 Å². The SMILES string of the molecule is O=C(NCc1ccccc1F)C1CCN(Cc2cccc(Oc3ccccc3)c2)C1. The molecule has 1 saturated heterocycles. The number of ether oxygens (including phenoxy) is 1. The largest absolute Gasteiger partial charge is 0.457 e. The number of carbonyl (C=O) groups excluding carboxylic acids is 1. The Morgan fingerprint density at radius 1 is 1.00 bits per heavy atom. The second-order valence-electron chi connectivity index (χ2n) is 7.59. The predicted molar refractivity (Wildman–Crippen MR) is 115 cm³/mol. The number of halogens is 1. The van der Waals surface area contributed by atoms with Crippen LogP contribution in [0.25, 0.3) is 0 Å². The van der Waals surface area contributed by atoms with E-state index in [1.807, 2.05) is 48.5 Å². The van der Waals surface area contributed by atoms with Gasteiger partial charge in [-0.2, -0.15) is 0 Å². The fourth-order valence-electron chi connectivity index (χ4n) is 3.75. The van der Waals surface area contributed by atoms with Crippen LogP contribution in [0.1, 0.15) is 17.5 Å². The topological polar surface area (TPSA) is 41.6 Å². The van der Waals surface area contributed by atoms with E-state index in [4.69, 9.17) is 4.74 Å². The molecule has 0 bridgehead atoms. The summed E-state index contributed by atoms with van der Waals surface area (Å²) in [6, 6.07) is 24.3. The van der Waals surface area contributed by atoms with Crippen LogP contribution in [0.3, 0.4) is 0 Å². The molecule has 1 aliphatic rings. The standard InChI is InChI=1S/C25H25FN2O2/c26-24-12-5-4-8-20(24)16-27-25(29)21-13-14-28(18-21)17-19-7-6-11-23(15-19)30-22-9-2-1-3-10-22/h1-12,15,21H,13-14,16-18H2,(H,27,29). The van der Waals surface area contributed by atoms with Crippen molar-refractivity contribution in [2.75, 3.05) is 13.1 Å². The second kappa shape index (κ2) is 9.55. The quantitative estimate of drug-likeness (QED) is 0.618. The van der Waals surface area contributed by atoms with Crippen LogP contribution in [0.15, 0.2) is 78.9 Å². The number of amides is 1. The number of benzene rings is 3. The van der Waals surface area contributed by atoms with Crippen molar-refractivity contribution in [1.82, 2.24) is 10.2 Å². The first kappa shape index (κ1) is 20.1. The van der Waals surface area contributed by atoms with Gasteiger partial charge in [-0.25, -0.2) is 4.39 Å². The molecule has 0 saturated carbocycles. The zero-order chi connectivity index (χ0) is 20.8. The molecule has 1 fully saturated rings. The Morgan fingerprint density at radius 2 is 1.77 bits per heavy atom. The lowest BCUT2D eigenvalue weighted by atomic mass is 10.1. The first-order chi connectivity index (χ1) is 14.7. The Hall–Kier alpha value is -3.18. The highest BCUT2D eigenvalue weighted by Crippen LogP contribution is 2.24. The van der Waals surface area contributed by atoms with Crippen molar-refractivity contribution >= 4 is 5.91 Å². The molecule has 0 spiro atoms. The zero-order valence-electron chi connectivity index (χ0n) is 16.8. The van der Waals surface area contributed by atoms with Gasteiger partial charge in [-0.15, -0.1) is 0 Å². The van der Waals surface area contributed by atoms with Gasteiger partial charge in [-0.1, -0.05) is 48.5 Å². The summed E-state index contributed by atoms with van der Waals surface area (Å²) < 4.78 is 19.6. The molecule has 4 nitrogen and oxygen atoms in total. The fourth-order valence-corrected chi connectivity index (χ4v) is 3.75. The highest BCUT2D eigenvalue weighted by Gasteiger charge is 2.28. The molecule has 1 atom stereocenters. The highest BCUT2D eigenvalue weighted by atomic mass is 19.1. The third kappa shape index (κ3) is 5.24. The van der Waals surface area contributed by atoms with E-state index >= 15 is 0 Å². The van der Waals surface area contributed by atoms with Crippen LogP contribution in [-0.4, -0.2) is 23.9 Å². The van der Waals surface area contributed by atoms with Crippen molar-refractivity contribution in [2.24, 2.45) is 5.92 Å².